The minimum Gasteiger partial charge on any atom is -0.391 e. The number of aromatic nitrogens is 2. The Morgan fingerprint density at radius 2 is 1.82 bits per heavy atom. The van der Waals surface area contributed by atoms with E-state index in [2.05, 4.69) is 20.6 Å². The van der Waals surface area contributed by atoms with E-state index in [4.69, 9.17) is 11.6 Å². The maximum Gasteiger partial charge on any atom is 0.417 e. The van der Waals surface area contributed by atoms with E-state index < -0.39 is 35.2 Å². The van der Waals surface area contributed by atoms with Crippen LogP contribution in [0.4, 0.5) is 30.5 Å². The summed E-state index contributed by atoms with van der Waals surface area (Å²) in [5, 5.41) is 15.7. The van der Waals surface area contributed by atoms with Crippen LogP contribution in [-0.4, -0.2) is 46.1 Å². The molecule has 0 unspecified atom stereocenters. The van der Waals surface area contributed by atoms with Crippen LogP contribution in [0.15, 0.2) is 54.6 Å². The van der Waals surface area contributed by atoms with E-state index in [1.54, 1.807) is 25.1 Å². The van der Waals surface area contributed by atoms with Gasteiger partial charge < -0.3 is 25.6 Å². The van der Waals surface area contributed by atoms with Gasteiger partial charge in [0.05, 0.1) is 28.3 Å². The van der Waals surface area contributed by atoms with Crippen molar-refractivity contribution in [1.29, 1.82) is 0 Å². The number of aliphatic hydroxyl groups excluding tert-OH is 1. The van der Waals surface area contributed by atoms with E-state index >= 15 is 0 Å². The maximum atomic E-state index is 13.5. The first kappa shape index (κ1) is 26.5. The lowest BCUT2D eigenvalue weighted by atomic mass is 10.1. The van der Waals surface area contributed by atoms with Crippen LogP contribution in [0.3, 0.4) is 0 Å². The molecule has 0 radical (unpaired) electrons. The van der Waals surface area contributed by atoms with Crippen molar-refractivity contribution in [2.24, 2.45) is 0 Å². The van der Waals surface area contributed by atoms with Crippen LogP contribution in [0, 0.1) is 6.92 Å². The Hall–Kier alpha value is -4.09. The van der Waals surface area contributed by atoms with Crippen LogP contribution in [0.2, 0.25) is 5.02 Å². The number of hydrogen-bond donors (Lipinski definition) is 4. The number of nitrogens with zero attached hydrogens (tertiary/aromatic N) is 2. The lowest BCUT2D eigenvalue weighted by Gasteiger charge is -2.14. The highest BCUT2D eigenvalue weighted by Gasteiger charge is 2.35. The highest BCUT2D eigenvalue weighted by Crippen LogP contribution is 2.33. The average molecular weight is 558 g/mol. The van der Waals surface area contributed by atoms with E-state index in [1.165, 1.54) is 24.3 Å². The molecule has 1 fully saturated rings. The predicted octanol–water partition coefficient (Wildman–Crippen LogP) is 5.62. The molecule has 5 rings (SSSR count). The van der Waals surface area contributed by atoms with Crippen molar-refractivity contribution in [3.05, 3.63) is 81.9 Å². The lowest BCUT2D eigenvalue weighted by molar-refractivity contribution is -0.137. The van der Waals surface area contributed by atoms with Gasteiger partial charge in [0.25, 0.3) is 11.8 Å². The second-order valence-electron chi connectivity index (χ2n) is 9.23. The Labute approximate surface area is 225 Å². The molecule has 8 nitrogen and oxygen atoms in total. The molecule has 202 valence electrons. The van der Waals surface area contributed by atoms with Crippen LogP contribution in [0.25, 0.3) is 11.0 Å². The van der Waals surface area contributed by atoms with Crippen LogP contribution in [-0.2, 0) is 6.18 Å². The third kappa shape index (κ3) is 5.41. The summed E-state index contributed by atoms with van der Waals surface area (Å²) >= 11 is 6.19. The van der Waals surface area contributed by atoms with Crippen molar-refractivity contribution in [3.63, 3.8) is 0 Å². The smallest absolute Gasteiger partial charge is 0.391 e. The summed E-state index contributed by atoms with van der Waals surface area (Å²) in [5.41, 5.74) is 0.316. The Balaban J connectivity index is 1.55. The number of fused-ring (bicyclic) bond motifs is 1. The topological polar surface area (TPSA) is 110 Å². The van der Waals surface area contributed by atoms with Crippen LogP contribution < -0.4 is 15.5 Å². The number of H-pyrrole nitrogens is 1. The van der Waals surface area contributed by atoms with Gasteiger partial charge in [0.15, 0.2) is 0 Å². The van der Waals surface area contributed by atoms with Crippen molar-refractivity contribution in [2.45, 2.75) is 25.6 Å². The molecule has 1 atom stereocenters. The fourth-order valence-electron chi connectivity index (χ4n) is 4.49. The highest BCUT2D eigenvalue weighted by molar-refractivity contribution is 6.31. The maximum absolute atomic E-state index is 13.5. The van der Waals surface area contributed by atoms with Gasteiger partial charge in [-0.15, -0.1) is 0 Å². The number of alkyl halides is 3. The summed E-state index contributed by atoms with van der Waals surface area (Å²) in [6, 6.07) is 12.3. The van der Waals surface area contributed by atoms with Crippen molar-refractivity contribution >= 4 is 51.8 Å². The molecule has 4 aromatic rings. The Bertz CT molecular complexity index is 1590. The summed E-state index contributed by atoms with van der Waals surface area (Å²) in [4.78, 5) is 35.9. The van der Waals surface area contributed by atoms with Crippen molar-refractivity contribution in [3.8, 4) is 0 Å². The van der Waals surface area contributed by atoms with Crippen molar-refractivity contribution in [2.75, 3.05) is 28.6 Å². The summed E-state index contributed by atoms with van der Waals surface area (Å²) < 4.78 is 40.5. The minimum atomic E-state index is -4.73. The van der Waals surface area contributed by atoms with Gasteiger partial charge in [-0.1, -0.05) is 29.8 Å². The summed E-state index contributed by atoms with van der Waals surface area (Å²) in [6.45, 7) is 2.64. The van der Waals surface area contributed by atoms with E-state index in [1.807, 2.05) is 4.90 Å². The number of benzene rings is 3. The van der Waals surface area contributed by atoms with Gasteiger partial charge in [-0.25, -0.2) is 4.98 Å². The standard InChI is InChI=1S/C27H23ClF3N5O3/c1-14-20(28)7-4-8-21(14)33-25(39)18-11-15(32-24(38)17-5-2-3-6-19(17)27(29,30)31)12-22-23(18)35-26(34-22)36-10-9-16(37)13-36/h2-8,11-12,16,37H,9-10,13H2,1H3,(H,32,38)(H,33,39)(H,34,35)/t16-/m0/s1. The molecule has 0 bridgehead atoms. The van der Waals surface area contributed by atoms with E-state index in [0.29, 0.717) is 47.2 Å². The lowest BCUT2D eigenvalue weighted by Crippen LogP contribution is -2.22. The van der Waals surface area contributed by atoms with Gasteiger partial charge in [-0.3, -0.25) is 9.59 Å². The first-order chi connectivity index (χ1) is 18.5. The molecule has 39 heavy (non-hydrogen) atoms. The normalized spacial score (nSPS) is 15.5. The monoisotopic (exact) mass is 557 g/mol. The zero-order valence-corrected chi connectivity index (χ0v) is 21.3. The van der Waals surface area contributed by atoms with Gasteiger partial charge in [-0.2, -0.15) is 13.2 Å². The second-order valence-corrected chi connectivity index (χ2v) is 9.64. The molecule has 0 saturated carbocycles. The fraction of sp³-hybridized carbons (Fsp3) is 0.222. The minimum absolute atomic E-state index is 0.0773. The second kappa shape index (κ2) is 10.2. The number of aromatic amines is 1. The molecule has 0 spiro atoms. The molecule has 3 aromatic carbocycles. The number of carbonyl (C=O) groups excluding carboxylic acids is 2. The van der Waals surface area contributed by atoms with Crippen molar-refractivity contribution in [1.82, 2.24) is 9.97 Å². The molecule has 4 N–H and O–H groups in total. The molecule has 1 saturated heterocycles. The first-order valence-electron chi connectivity index (χ1n) is 12.0. The van der Waals surface area contributed by atoms with Gasteiger partial charge >= 0.3 is 6.18 Å². The van der Waals surface area contributed by atoms with Gasteiger partial charge in [0.2, 0.25) is 5.95 Å². The summed E-state index contributed by atoms with van der Waals surface area (Å²) in [7, 11) is 0. The molecular weight excluding hydrogens is 535 g/mol. The molecule has 0 aliphatic carbocycles. The Morgan fingerprint density at radius 1 is 1.08 bits per heavy atom. The molecular formula is C27H23ClF3N5O3. The molecule has 1 aliphatic rings. The number of carbonyl (C=O) groups is 2. The van der Waals surface area contributed by atoms with Crippen LogP contribution in [0.5, 0.6) is 0 Å². The number of imidazole rings is 1. The highest BCUT2D eigenvalue weighted by atomic mass is 35.5. The molecule has 1 aliphatic heterocycles. The number of amides is 2. The number of nitrogens with one attached hydrogen (secondary N) is 3. The first-order valence-corrected chi connectivity index (χ1v) is 12.4. The summed E-state index contributed by atoms with van der Waals surface area (Å²) in [5.74, 6) is -1.13. The molecule has 12 heteroatoms. The van der Waals surface area contributed by atoms with Gasteiger partial charge in [0.1, 0.15) is 5.52 Å². The van der Waals surface area contributed by atoms with E-state index in [0.717, 1.165) is 12.1 Å². The number of halogens is 4. The fourth-order valence-corrected chi connectivity index (χ4v) is 4.67. The van der Waals surface area contributed by atoms with Gasteiger partial charge in [-0.05, 0) is 55.3 Å². The molecule has 1 aromatic heterocycles. The zero-order chi connectivity index (χ0) is 27.9. The third-order valence-electron chi connectivity index (χ3n) is 6.53. The number of anilines is 3. The van der Waals surface area contributed by atoms with Crippen LogP contribution in [0.1, 0.15) is 38.3 Å². The van der Waals surface area contributed by atoms with Gasteiger partial charge in [0, 0.05) is 29.5 Å². The van der Waals surface area contributed by atoms with E-state index in [-0.39, 0.29) is 16.8 Å². The Kier molecular flexibility index (Phi) is 6.96. The number of rotatable bonds is 5. The number of aliphatic hydroxyl groups is 1. The number of β-amino-alcohol motifs (C(OH)–C–C–N with tert-alkyl or cyclic N) is 1. The predicted molar refractivity (Wildman–Crippen MR) is 142 cm³/mol. The summed E-state index contributed by atoms with van der Waals surface area (Å²) in [6.07, 6.45) is -4.69. The quantitative estimate of drug-likeness (QED) is 0.255. The largest absolute Gasteiger partial charge is 0.417 e. The molecule has 2 amide bonds. The van der Waals surface area contributed by atoms with E-state index in [9.17, 15) is 27.9 Å². The molecule has 2 heterocycles. The third-order valence-corrected chi connectivity index (χ3v) is 6.94. The Morgan fingerprint density at radius 3 is 2.54 bits per heavy atom. The zero-order valence-electron chi connectivity index (χ0n) is 20.6. The average Bonchev–Trinajstić information content (AvgIpc) is 3.52. The SMILES string of the molecule is Cc1c(Cl)cccc1NC(=O)c1cc(NC(=O)c2ccccc2C(F)(F)F)cc2[nH]c(N3CC[C@H](O)C3)nc12. The van der Waals surface area contributed by atoms with Crippen LogP contribution >= 0.6 is 11.6 Å². The van der Waals surface area contributed by atoms with Crippen molar-refractivity contribution < 1.29 is 27.9 Å². The number of hydrogen-bond acceptors (Lipinski definition) is 5.